The zero-order valence-electron chi connectivity index (χ0n) is 8.75. The van der Waals surface area contributed by atoms with E-state index in [1.807, 2.05) is 0 Å². The first kappa shape index (κ1) is 13.6. The third-order valence-electron chi connectivity index (χ3n) is 1.97. The highest BCUT2D eigenvalue weighted by Crippen LogP contribution is 2.29. The Hall–Kier alpha value is -0.850. The number of rotatable bonds is 3. The van der Waals surface area contributed by atoms with E-state index in [4.69, 9.17) is 11.6 Å². The third kappa shape index (κ3) is 3.34. The summed E-state index contributed by atoms with van der Waals surface area (Å²) in [6.07, 6.45) is 1.55. The topological polar surface area (TPSA) is 24.9 Å². The maximum atomic E-state index is 13.4. The number of halogens is 4. The molecule has 18 heavy (non-hydrogen) atoms. The zero-order chi connectivity index (χ0) is 13.1. The average molecular weight is 352 g/mol. The standard InChI is InChI=1S/C11H6BrClF2N2S/c12-6-3-9(11(13)16-5-6)17-18-10-2-1-7(14)4-8(10)15/h1-5,17H. The quantitative estimate of drug-likeness (QED) is 0.629. The fourth-order valence-electron chi connectivity index (χ4n) is 1.16. The van der Waals surface area contributed by atoms with Gasteiger partial charge in [-0.1, -0.05) is 11.6 Å². The highest BCUT2D eigenvalue weighted by molar-refractivity contribution is 9.10. The van der Waals surface area contributed by atoms with E-state index in [-0.39, 0.29) is 10.0 Å². The summed E-state index contributed by atoms with van der Waals surface area (Å²) in [4.78, 5) is 4.19. The highest BCUT2D eigenvalue weighted by Gasteiger charge is 2.07. The molecule has 0 atom stereocenters. The van der Waals surface area contributed by atoms with Crippen molar-refractivity contribution in [1.82, 2.24) is 4.98 Å². The molecule has 2 nitrogen and oxygen atoms in total. The van der Waals surface area contributed by atoms with Crippen LogP contribution in [0, 0.1) is 11.6 Å². The molecule has 0 aliphatic heterocycles. The first-order valence-electron chi connectivity index (χ1n) is 4.75. The lowest BCUT2D eigenvalue weighted by Gasteiger charge is -2.07. The molecule has 1 N–H and O–H groups in total. The number of aromatic nitrogens is 1. The predicted octanol–water partition coefficient (Wildman–Crippen LogP) is 4.89. The minimum Gasteiger partial charge on any atom is -0.323 e. The molecule has 1 heterocycles. The lowest BCUT2D eigenvalue weighted by Crippen LogP contribution is -1.92. The van der Waals surface area contributed by atoms with Crippen molar-refractivity contribution in [3.8, 4) is 0 Å². The van der Waals surface area contributed by atoms with Gasteiger partial charge in [-0.25, -0.2) is 13.8 Å². The molecule has 0 aliphatic rings. The number of nitrogens with one attached hydrogen (secondary N) is 1. The van der Waals surface area contributed by atoms with Crippen LogP contribution in [0.3, 0.4) is 0 Å². The monoisotopic (exact) mass is 350 g/mol. The van der Waals surface area contributed by atoms with Crippen LogP contribution >= 0.6 is 39.5 Å². The molecule has 0 bridgehead atoms. The van der Waals surface area contributed by atoms with Crippen molar-refractivity contribution in [2.75, 3.05) is 4.72 Å². The normalized spacial score (nSPS) is 10.4. The molecular weight excluding hydrogens is 346 g/mol. The van der Waals surface area contributed by atoms with Gasteiger partial charge in [-0.3, -0.25) is 0 Å². The van der Waals surface area contributed by atoms with E-state index in [0.717, 1.165) is 22.5 Å². The maximum absolute atomic E-state index is 13.4. The molecule has 1 aromatic carbocycles. The summed E-state index contributed by atoms with van der Waals surface area (Å²) in [5.41, 5.74) is 0.541. The molecule has 94 valence electrons. The van der Waals surface area contributed by atoms with Gasteiger partial charge in [0, 0.05) is 16.7 Å². The number of pyridine rings is 1. The van der Waals surface area contributed by atoms with Gasteiger partial charge < -0.3 is 4.72 Å². The van der Waals surface area contributed by atoms with Crippen LogP contribution in [0.5, 0.6) is 0 Å². The summed E-state index contributed by atoms with van der Waals surface area (Å²) in [7, 11) is 0. The predicted molar refractivity (Wildman–Crippen MR) is 72.8 cm³/mol. The summed E-state index contributed by atoms with van der Waals surface area (Å²) in [5, 5.41) is 0.271. The molecule has 0 aliphatic carbocycles. The van der Waals surface area contributed by atoms with Gasteiger partial charge in [-0.05, 0) is 46.1 Å². The van der Waals surface area contributed by atoms with Crippen molar-refractivity contribution >= 4 is 45.2 Å². The average Bonchev–Trinajstić information content (AvgIpc) is 2.32. The Morgan fingerprint density at radius 1 is 1.28 bits per heavy atom. The first-order chi connectivity index (χ1) is 8.56. The van der Waals surface area contributed by atoms with E-state index < -0.39 is 11.6 Å². The van der Waals surface area contributed by atoms with Crippen LogP contribution in [0.2, 0.25) is 5.15 Å². The van der Waals surface area contributed by atoms with Crippen molar-refractivity contribution in [2.45, 2.75) is 4.90 Å². The number of hydrogen-bond donors (Lipinski definition) is 1. The summed E-state index contributed by atoms with van der Waals surface area (Å²) >= 11 is 10.1. The maximum Gasteiger partial charge on any atom is 0.153 e. The Labute approximate surface area is 120 Å². The van der Waals surface area contributed by atoms with E-state index in [2.05, 4.69) is 25.6 Å². The SMILES string of the molecule is Fc1ccc(SNc2cc(Br)cnc2Cl)c(F)c1. The molecule has 0 saturated heterocycles. The molecule has 0 unspecified atom stereocenters. The molecule has 2 aromatic rings. The van der Waals surface area contributed by atoms with Gasteiger partial charge in [0.05, 0.1) is 10.6 Å². The van der Waals surface area contributed by atoms with Crippen LogP contribution in [-0.4, -0.2) is 4.98 Å². The van der Waals surface area contributed by atoms with Crippen LogP contribution < -0.4 is 4.72 Å². The van der Waals surface area contributed by atoms with Gasteiger partial charge in [0.15, 0.2) is 5.15 Å². The van der Waals surface area contributed by atoms with Crippen molar-refractivity contribution in [1.29, 1.82) is 0 Å². The first-order valence-corrected chi connectivity index (χ1v) is 6.74. The minimum atomic E-state index is -0.633. The van der Waals surface area contributed by atoms with E-state index in [0.29, 0.717) is 5.69 Å². The number of hydrogen-bond acceptors (Lipinski definition) is 3. The number of benzene rings is 1. The van der Waals surface area contributed by atoms with Crippen LogP contribution in [0.15, 0.2) is 39.8 Å². The lowest BCUT2D eigenvalue weighted by molar-refractivity contribution is 0.566. The molecule has 7 heteroatoms. The van der Waals surface area contributed by atoms with Gasteiger partial charge in [-0.15, -0.1) is 0 Å². The van der Waals surface area contributed by atoms with Crippen LogP contribution in [-0.2, 0) is 0 Å². The molecule has 0 radical (unpaired) electrons. The summed E-state index contributed by atoms with van der Waals surface area (Å²) in [6, 6.07) is 5.07. The van der Waals surface area contributed by atoms with E-state index in [1.165, 1.54) is 12.1 Å². The lowest BCUT2D eigenvalue weighted by atomic mass is 10.3. The van der Waals surface area contributed by atoms with Crippen LogP contribution in [0.4, 0.5) is 14.5 Å². The second kappa shape index (κ2) is 5.86. The Balaban J connectivity index is 2.13. The van der Waals surface area contributed by atoms with Gasteiger partial charge >= 0.3 is 0 Å². The van der Waals surface area contributed by atoms with Crippen molar-refractivity contribution in [2.24, 2.45) is 0 Å². The van der Waals surface area contributed by atoms with Crippen molar-refractivity contribution in [3.05, 3.63) is 51.7 Å². The Bertz CT molecular complexity index is 583. The molecule has 0 amide bonds. The second-order valence-electron chi connectivity index (χ2n) is 3.27. The second-order valence-corrected chi connectivity index (χ2v) is 5.39. The Kier molecular flexibility index (Phi) is 4.42. The molecule has 2 rings (SSSR count). The van der Waals surface area contributed by atoms with Crippen LogP contribution in [0.25, 0.3) is 0 Å². The van der Waals surface area contributed by atoms with Crippen molar-refractivity contribution < 1.29 is 8.78 Å². The van der Waals surface area contributed by atoms with Gasteiger partial charge in [0.25, 0.3) is 0 Å². The Morgan fingerprint density at radius 2 is 2.06 bits per heavy atom. The molecule has 1 aromatic heterocycles. The van der Waals surface area contributed by atoms with Gasteiger partial charge in [-0.2, -0.15) is 0 Å². The van der Waals surface area contributed by atoms with E-state index >= 15 is 0 Å². The third-order valence-corrected chi connectivity index (χ3v) is 3.58. The van der Waals surface area contributed by atoms with Gasteiger partial charge in [0.1, 0.15) is 11.6 Å². The number of nitrogens with zero attached hydrogens (tertiary/aromatic N) is 1. The van der Waals surface area contributed by atoms with Crippen LogP contribution in [0.1, 0.15) is 0 Å². The zero-order valence-corrected chi connectivity index (χ0v) is 11.9. The molecular formula is C11H6BrClF2N2S. The molecule has 0 saturated carbocycles. The summed E-state index contributed by atoms with van der Waals surface area (Å²) < 4.78 is 29.7. The largest absolute Gasteiger partial charge is 0.323 e. The van der Waals surface area contributed by atoms with Gasteiger partial charge in [0.2, 0.25) is 0 Å². The smallest absolute Gasteiger partial charge is 0.153 e. The minimum absolute atomic E-state index is 0.271. The van der Waals surface area contributed by atoms with Crippen molar-refractivity contribution in [3.63, 3.8) is 0 Å². The summed E-state index contributed by atoms with van der Waals surface area (Å²) in [5.74, 6) is -1.24. The fraction of sp³-hybridized carbons (Fsp3) is 0. The molecule has 0 spiro atoms. The number of anilines is 1. The Morgan fingerprint density at radius 3 is 2.78 bits per heavy atom. The van der Waals surface area contributed by atoms with E-state index in [1.54, 1.807) is 12.3 Å². The highest BCUT2D eigenvalue weighted by atomic mass is 79.9. The van der Waals surface area contributed by atoms with E-state index in [9.17, 15) is 8.78 Å². The summed E-state index contributed by atoms with van der Waals surface area (Å²) in [6.45, 7) is 0. The fourth-order valence-corrected chi connectivity index (χ4v) is 2.37. The molecule has 0 fully saturated rings.